The third-order valence-electron chi connectivity index (χ3n) is 6.79. The standard InChI is InChI=1S/C29H27ClN2O/c1-18-14-23(10-13-28(18)33)29-25-17-24(30)11-12-27(25)32(3)19(2)26(31-29)16-20-8-9-21-6-4-5-7-22(21)15-20/h4-15,17,19,26,33H,16H2,1-3H3. The van der Waals surface area contributed by atoms with Gasteiger partial charge in [0.25, 0.3) is 0 Å². The first-order valence-corrected chi connectivity index (χ1v) is 11.7. The lowest BCUT2D eigenvalue weighted by Crippen LogP contribution is -2.38. The van der Waals surface area contributed by atoms with Crippen molar-refractivity contribution in [2.45, 2.75) is 32.4 Å². The van der Waals surface area contributed by atoms with Crippen molar-refractivity contribution in [2.75, 3.05) is 11.9 Å². The van der Waals surface area contributed by atoms with Crippen molar-refractivity contribution in [3.8, 4) is 5.75 Å². The number of hydrogen-bond acceptors (Lipinski definition) is 3. The van der Waals surface area contributed by atoms with Crippen LogP contribution in [0.2, 0.25) is 5.02 Å². The molecule has 0 aromatic heterocycles. The Morgan fingerprint density at radius 3 is 2.52 bits per heavy atom. The number of hydrogen-bond donors (Lipinski definition) is 1. The van der Waals surface area contributed by atoms with Crippen molar-refractivity contribution in [1.29, 1.82) is 0 Å². The maximum absolute atomic E-state index is 10.1. The van der Waals surface area contributed by atoms with Crippen molar-refractivity contribution >= 4 is 33.8 Å². The van der Waals surface area contributed by atoms with Crippen LogP contribution in [0.5, 0.6) is 5.75 Å². The summed E-state index contributed by atoms with van der Waals surface area (Å²) in [4.78, 5) is 7.65. The highest BCUT2D eigenvalue weighted by Crippen LogP contribution is 2.34. The van der Waals surface area contributed by atoms with Crippen LogP contribution in [0.3, 0.4) is 0 Å². The van der Waals surface area contributed by atoms with Crippen molar-refractivity contribution < 1.29 is 5.11 Å². The Balaban J connectivity index is 1.63. The average molecular weight is 455 g/mol. The highest BCUT2D eigenvalue weighted by molar-refractivity contribution is 6.31. The van der Waals surface area contributed by atoms with E-state index in [0.29, 0.717) is 5.02 Å². The van der Waals surface area contributed by atoms with Gasteiger partial charge in [-0.15, -0.1) is 0 Å². The molecule has 2 atom stereocenters. The first kappa shape index (κ1) is 21.5. The third-order valence-corrected chi connectivity index (χ3v) is 7.02. The molecule has 2 unspecified atom stereocenters. The summed E-state index contributed by atoms with van der Waals surface area (Å²) in [5.74, 6) is 0.289. The molecule has 3 nitrogen and oxygen atoms in total. The Morgan fingerprint density at radius 2 is 1.73 bits per heavy atom. The normalized spacial score (nSPS) is 18.1. The lowest BCUT2D eigenvalue weighted by Gasteiger charge is -2.30. The lowest BCUT2D eigenvalue weighted by molar-refractivity contribution is 0.471. The van der Waals surface area contributed by atoms with Crippen LogP contribution in [-0.2, 0) is 6.42 Å². The van der Waals surface area contributed by atoms with Gasteiger partial charge in [0, 0.05) is 34.9 Å². The SMILES string of the molecule is Cc1cc(C2=NC(Cc3ccc4ccccc4c3)C(C)N(C)c3ccc(Cl)cc32)ccc1O. The molecule has 0 aliphatic carbocycles. The van der Waals surface area contributed by atoms with Crippen LogP contribution >= 0.6 is 11.6 Å². The first-order valence-electron chi connectivity index (χ1n) is 11.3. The fraction of sp³-hybridized carbons (Fsp3) is 0.207. The molecule has 4 aromatic rings. The summed E-state index contributed by atoms with van der Waals surface area (Å²) in [6.45, 7) is 4.15. The molecule has 5 rings (SSSR count). The van der Waals surface area contributed by atoms with Crippen molar-refractivity contribution in [3.05, 3.63) is 106 Å². The number of phenols is 1. The Bertz CT molecular complexity index is 1380. The number of nitrogens with zero attached hydrogens (tertiary/aromatic N) is 2. The van der Waals surface area contributed by atoms with E-state index >= 15 is 0 Å². The molecule has 0 bridgehead atoms. The van der Waals surface area contributed by atoms with E-state index in [0.717, 1.165) is 34.5 Å². The van der Waals surface area contributed by atoms with Gasteiger partial charge >= 0.3 is 0 Å². The number of rotatable bonds is 3. The van der Waals surface area contributed by atoms with Gasteiger partial charge in [-0.1, -0.05) is 54.1 Å². The molecule has 166 valence electrons. The minimum atomic E-state index is 0.0476. The molecule has 0 saturated heterocycles. The van der Waals surface area contributed by atoms with Gasteiger partial charge in [-0.2, -0.15) is 0 Å². The second kappa shape index (κ2) is 8.57. The summed E-state index contributed by atoms with van der Waals surface area (Å²) in [5, 5.41) is 13.3. The first-order chi connectivity index (χ1) is 15.9. The van der Waals surface area contributed by atoms with E-state index < -0.39 is 0 Å². The van der Waals surface area contributed by atoms with Crippen molar-refractivity contribution in [2.24, 2.45) is 4.99 Å². The van der Waals surface area contributed by atoms with Crippen LogP contribution in [0.4, 0.5) is 5.69 Å². The second-order valence-corrected chi connectivity index (χ2v) is 9.38. The van der Waals surface area contributed by atoms with Gasteiger partial charge in [0.15, 0.2) is 0 Å². The summed E-state index contributed by atoms with van der Waals surface area (Å²) in [6.07, 6.45) is 0.832. The number of aromatic hydroxyl groups is 1. The molecule has 4 aromatic carbocycles. The number of fused-ring (bicyclic) bond motifs is 2. The van der Waals surface area contributed by atoms with Crippen LogP contribution in [-0.4, -0.2) is 29.9 Å². The van der Waals surface area contributed by atoms with Crippen LogP contribution < -0.4 is 4.90 Å². The van der Waals surface area contributed by atoms with Crippen LogP contribution in [0.15, 0.2) is 83.9 Å². The number of benzodiazepines with no additional fused rings is 1. The van der Waals surface area contributed by atoms with E-state index in [2.05, 4.69) is 67.4 Å². The zero-order valence-electron chi connectivity index (χ0n) is 19.1. The van der Waals surface area contributed by atoms with Crippen LogP contribution in [0.1, 0.15) is 29.2 Å². The molecule has 0 radical (unpaired) electrons. The molecular weight excluding hydrogens is 428 g/mol. The minimum Gasteiger partial charge on any atom is -0.508 e. The Kier molecular flexibility index (Phi) is 5.59. The van der Waals surface area contributed by atoms with Crippen molar-refractivity contribution in [1.82, 2.24) is 0 Å². The largest absolute Gasteiger partial charge is 0.508 e. The molecule has 33 heavy (non-hydrogen) atoms. The number of benzene rings is 4. The molecule has 1 aliphatic heterocycles. The fourth-order valence-electron chi connectivity index (χ4n) is 4.68. The Labute approximate surface area is 200 Å². The molecule has 0 saturated carbocycles. The molecular formula is C29H27ClN2O. The minimum absolute atomic E-state index is 0.0476. The number of likely N-dealkylation sites (N-methyl/N-ethyl adjacent to an activating group) is 1. The highest BCUT2D eigenvalue weighted by Gasteiger charge is 2.29. The van der Waals surface area contributed by atoms with E-state index in [1.807, 2.05) is 31.2 Å². The molecule has 1 N–H and O–H groups in total. The van der Waals surface area contributed by atoms with E-state index in [-0.39, 0.29) is 17.8 Å². The zero-order chi connectivity index (χ0) is 23.1. The van der Waals surface area contributed by atoms with Crippen molar-refractivity contribution in [3.63, 3.8) is 0 Å². The monoisotopic (exact) mass is 454 g/mol. The van der Waals surface area contributed by atoms with Gasteiger partial charge in [0.1, 0.15) is 5.75 Å². The summed E-state index contributed by atoms with van der Waals surface area (Å²) >= 11 is 6.43. The van der Waals surface area contributed by atoms with Crippen LogP contribution in [0.25, 0.3) is 10.8 Å². The maximum Gasteiger partial charge on any atom is 0.118 e. The van der Waals surface area contributed by atoms with Gasteiger partial charge in [-0.3, -0.25) is 4.99 Å². The molecule has 1 aliphatic rings. The predicted octanol–water partition coefficient (Wildman–Crippen LogP) is 6.79. The molecule has 0 spiro atoms. The number of aryl methyl sites for hydroxylation is 1. The zero-order valence-corrected chi connectivity index (χ0v) is 19.8. The Hall–Kier alpha value is -3.30. The Morgan fingerprint density at radius 1 is 0.939 bits per heavy atom. The van der Waals surface area contributed by atoms with E-state index in [9.17, 15) is 5.11 Å². The smallest absolute Gasteiger partial charge is 0.118 e. The lowest BCUT2D eigenvalue weighted by atomic mass is 9.97. The molecule has 0 fully saturated rings. The summed E-state index contributed by atoms with van der Waals surface area (Å²) in [5.41, 5.74) is 6.13. The number of anilines is 1. The third kappa shape index (κ3) is 4.09. The van der Waals surface area contributed by atoms with Gasteiger partial charge in [0.05, 0.1) is 11.8 Å². The van der Waals surface area contributed by atoms with Crippen LogP contribution in [0, 0.1) is 6.92 Å². The fourth-order valence-corrected chi connectivity index (χ4v) is 4.85. The number of halogens is 1. The number of phenolic OH excluding ortho intramolecular Hbond substituents is 1. The van der Waals surface area contributed by atoms with E-state index in [1.54, 1.807) is 6.07 Å². The molecule has 0 amide bonds. The quantitative estimate of drug-likeness (QED) is 0.369. The topological polar surface area (TPSA) is 35.8 Å². The predicted molar refractivity (Wildman–Crippen MR) is 139 cm³/mol. The molecule has 4 heteroatoms. The van der Waals surface area contributed by atoms with Gasteiger partial charge < -0.3 is 10.0 Å². The summed E-state index contributed by atoms with van der Waals surface area (Å²) in [7, 11) is 2.13. The summed E-state index contributed by atoms with van der Waals surface area (Å²) < 4.78 is 0. The van der Waals surface area contributed by atoms with E-state index in [4.69, 9.17) is 16.6 Å². The number of aliphatic imine (C=N–C) groups is 1. The van der Waals surface area contributed by atoms with E-state index in [1.165, 1.54) is 16.3 Å². The summed E-state index contributed by atoms with van der Waals surface area (Å²) in [6, 6.07) is 27.1. The second-order valence-electron chi connectivity index (χ2n) is 8.94. The maximum atomic E-state index is 10.1. The van der Waals surface area contributed by atoms with Gasteiger partial charge in [-0.25, -0.2) is 0 Å². The van der Waals surface area contributed by atoms with Gasteiger partial charge in [0.2, 0.25) is 0 Å². The molecule has 1 heterocycles. The average Bonchev–Trinajstić information content (AvgIpc) is 2.91. The highest BCUT2D eigenvalue weighted by atomic mass is 35.5. The van der Waals surface area contributed by atoms with Gasteiger partial charge in [-0.05, 0) is 78.6 Å².